The summed E-state index contributed by atoms with van der Waals surface area (Å²) >= 11 is 0. The Hall–Kier alpha value is -0.790. The molecule has 0 spiro atoms. The van der Waals surface area contributed by atoms with Gasteiger partial charge in [0.25, 0.3) is 0 Å². The van der Waals surface area contributed by atoms with Crippen LogP contribution in [0.3, 0.4) is 0 Å². The highest BCUT2D eigenvalue weighted by Crippen LogP contribution is 2.40. The minimum Gasteiger partial charge on any atom is -0.512 e. The fourth-order valence-electron chi connectivity index (χ4n) is 3.81. The second kappa shape index (κ2) is 6.11. The molecule has 2 aliphatic rings. The Balaban J connectivity index is 2.11. The standard InChI is InChI=1S/C17H28O2/c1-13(15(18)14-9-5-3-6-10-14)16(19)17(2)11-7-4-8-12-17/h14,18H,3-12H2,1-2H3/b15-13-. The number of carbonyl (C=O) groups excluding carboxylic acids is 1. The quantitative estimate of drug-likeness (QED) is 0.579. The second-order valence-corrected chi connectivity index (χ2v) is 6.80. The van der Waals surface area contributed by atoms with Crippen LogP contribution >= 0.6 is 0 Å². The first-order valence-corrected chi connectivity index (χ1v) is 7.99. The molecule has 0 aliphatic heterocycles. The van der Waals surface area contributed by atoms with Gasteiger partial charge >= 0.3 is 0 Å². The van der Waals surface area contributed by atoms with Crippen molar-refractivity contribution in [1.82, 2.24) is 0 Å². The molecule has 0 unspecified atom stereocenters. The van der Waals surface area contributed by atoms with E-state index < -0.39 is 0 Å². The fraction of sp³-hybridized carbons (Fsp3) is 0.824. The normalized spacial score (nSPS) is 25.8. The van der Waals surface area contributed by atoms with Gasteiger partial charge in [0, 0.05) is 16.9 Å². The van der Waals surface area contributed by atoms with E-state index in [2.05, 4.69) is 6.92 Å². The largest absolute Gasteiger partial charge is 0.512 e. The van der Waals surface area contributed by atoms with E-state index in [0.717, 1.165) is 38.5 Å². The maximum atomic E-state index is 12.7. The van der Waals surface area contributed by atoms with Crippen molar-refractivity contribution in [2.75, 3.05) is 0 Å². The van der Waals surface area contributed by atoms with Crippen LogP contribution in [0.15, 0.2) is 11.3 Å². The molecule has 0 aromatic rings. The molecule has 0 amide bonds. The molecule has 2 fully saturated rings. The van der Waals surface area contributed by atoms with E-state index in [-0.39, 0.29) is 17.1 Å². The van der Waals surface area contributed by atoms with E-state index in [4.69, 9.17) is 0 Å². The summed E-state index contributed by atoms with van der Waals surface area (Å²) in [7, 11) is 0. The fourth-order valence-corrected chi connectivity index (χ4v) is 3.81. The molecule has 2 saturated carbocycles. The van der Waals surface area contributed by atoms with Crippen molar-refractivity contribution < 1.29 is 9.90 Å². The van der Waals surface area contributed by atoms with Crippen molar-refractivity contribution >= 4 is 5.78 Å². The van der Waals surface area contributed by atoms with Gasteiger partial charge in [0.2, 0.25) is 0 Å². The molecule has 2 nitrogen and oxygen atoms in total. The van der Waals surface area contributed by atoms with Crippen molar-refractivity contribution in [2.24, 2.45) is 11.3 Å². The van der Waals surface area contributed by atoms with Crippen LogP contribution in [-0.4, -0.2) is 10.9 Å². The van der Waals surface area contributed by atoms with Crippen LogP contribution in [0.5, 0.6) is 0 Å². The number of ketones is 1. The maximum Gasteiger partial charge on any atom is 0.167 e. The summed E-state index contributed by atoms with van der Waals surface area (Å²) in [6.07, 6.45) is 11.3. The average Bonchev–Trinajstić information content (AvgIpc) is 2.46. The minimum atomic E-state index is -0.217. The molecule has 2 aliphatic carbocycles. The number of Topliss-reactive ketones (excluding diaryl/α,β-unsaturated/α-hetero) is 1. The summed E-state index contributed by atoms with van der Waals surface area (Å²) in [6.45, 7) is 3.93. The van der Waals surface area contributed by atoms with Crippen molar-refractivity contribution in [3.8, 4) is 0 Å². The maximum absolute atomic E-state index is 12.7. The predicted molar refractivity (Wildman–Crippen MR) is 78.1 cm³/mol. The molecule has 0 saturated heterocycles. The van der Waals surface area contributed by atoms with Crippen molar-refractivity contribution in [2.45, 2.75) is 78.1 Å². The van der Waals surface area contributed by atoms with Gasteiger partial charge in [-0.15, -0.1) is 0 Å². The number of aliphatic hydroxyl groups is 1. The van der Waals surface area contributed by atoms with E-state index >= 15 is 0 Å². The molecule has 0 atom stereocenters. The topological polar surface area (TPSA) is 37.3 Å². The second-order valence-electron chi connectivity index (χ2n) is 6.80. The minimum absolute atomic E-state index is 0.204. The lowest BCUT2D eigenvalue weighted by molar-refractivity contribution is -0.125. The summed E-state index contributed by atoms with van der Waals surface area (Å²) in [5.41, 5.74) is 0.432. The van der Waals surface area contributed by atoms with E-state index in [1.807, 2.05) is 6.92 Å². The van der Waals surface area contributed by atoms with Crippen LogP contribution in [0, 0.1) is 11.3 Å². The smallest absolute Gasteiger partial charge is 0.167 e. The monoisotopic (exact) mass is 264 g/mol. The molecule has 108 valence electrons. The lowest BCUT2D eigenvalue weighted by atomic mass is 9.70. The molecular weight excluding hydrogens is 236 g/mol. The summed E-state index contributed by atoms with van der Waals surface area (Å²) in [4.78, 5) is 12.7. The lowest BCUT2D eigenvalue weighted by Crippen LogP contribution is -2.32. The Labute approximate surface area is 117 Å². The zero-order valence-corrected chi connectivity index (χ0v) is 12.5. The third-order valence-corrected chi connectivity index (χ3v) is 5.22. The molecule has 0 bridgehead atoms. The molecule has 0 aromatic carbocycles. The van der Waals surface area contributed by atoms with E-state index in [0.29, 0.717) is 11.3 Å². The number of allylic oxidation sites excluding steroid dienone is 2. The predicted octanol–water partition coefficient (Wildman–Crippen LogP) is 4.94. The Kier molecular flexibility index (Phi) is 4.70. The van der Waals surface area contributed by atoms with Gasteiger partial charge in [0.05, 0.1) is 0 Å². The molecule has 2 heteroatoms. The Bertz CT molecular complexity index is 355. The van der Waals surface area contributed by atoms with Gasteiger partial charge in [-0.2, -0.15) is 0 Å². The van der Waals surface area contributed by atoms with Gasteiger partial charge < -0.3 is 5.11 Å². The van der Waals surface area contributed by atoms with E-state index in [9.17, 15) is 9.90 Å². The Morgan fingerprint density at radius 2 is 1.53 bits per heavy atom. The highest BCUT2D eigenvalue weighted by Gasteiger charge is 2.36. The lowest BCUT2D eigenvalue weighted by Gasteiger charge is -2.33. The van der Waals surface area contributed by atoms with Gasteiger partial charge in [-0.3, -0.25) is 4.79 Å². The first-order chi connectivity index (χ1) is 9.04. The zero-order valence-electron chi connectivity index (χ0n) is 12.5. The van der Waals surface area contributed by atoms with E-state index in [1.54, 1.807) is 0 Å². The molecular formula is C17H28O2. The van der Waals surface area contributed by atoms with Gasteiger partial charge in [0.15, 0.2) is 5.78 Å². The van der Waals surface area contributed by atoms with Crippen molar-refractivity contribution in [1.29, 1.82) is 0 Å². The summed E-state index contributed by atoms with van der Waals surface area (Å²) < 4.78 is 0. The van der Waals surface area contributed by atoms with Crippen LogP contribution in [0.1, 0.15) is 78.1 Å². The average molecular weight is 264 g/mol. The van der Waals surface area contributed by atoms with Crippen LogP contribution in [0.2, 0.25) is 0 Å². The molecule has 19 heavy (non-hydrogen) atoms. The molecule has 1 N–H and O–H groups in total. The Morgan fingerprint density at radius 1 is 1.00 bits per heavy atom. The third-order valence-electron chi connectivity index (χ3n) is 5.22. The number of hydrogen-bond donors (Lipinski definition) is 1. The highest BCUT2D eigenvalue weighted by atomic mass is 16.3. The number of rotatable bonds is 3. The molecule has 2 rings (SSSR count). The summed E-state index contributed by atoms with van der Waals surface area (Å²) in [6, 6.07) is 0. The van der Waals surface area contributed by atoms with Crippen molar-refractivity contribution in [3.05, 3.63) is 11.3 Å². The Morgan fingerprint density at radius 3 is 2.11 bits per heavy atom. The SMILES string of the molecule is C/C(C(=O)C1(C)CCCCC1)=C(/O)C1CCCCC1. The van der Waals surface area contributed by atoms with Gasteiger partial charge in [-0.25, -0.2) is 0 Å². The van der Waals surface area contributed by atoms with E-state index in [1.165, 1.54) is 25.7 Å². The molecule has 0 aromatic heterocycles. The summed E-state index contributed by atoms with van der Waals surface area (Å²) in [5, 5.41) is 10.4. The van der Waals surface area contributed by atoms with Crippen LogP contribution in [0.4, 0.5) is 0 Å². The van der Waals surface area contributed by atoms with Crippen LogP contribution in [-0.2, 0) is 4.79 Å². The highest BCUT2D eigenvalue weighted by molar-refractivity contribution is 5.99. The first kappa shape index (κ1) is 14.6. The zero-order chi connectivity index (χ0) is 13.9. The van der Waals surface area contributed by atoms with Crippen LogP contribution in [0.25, 0.3) is 0 Å². The number of aliphatic hydroxyl groups excluding tert-OH is 1. The summed E-state index contributed by atoms with van der Waals surface area (Å²) in [5.74, 6) is 0.844. The van der Waals surface area contributed by atoms with Crippen LogP contribution < -0.4 is 0 Å². The third kappa shape index (κ3) is 3.21. The number of hydrogen-bond acceptors (Lipinski definition) is 2. The van der Waals surface area contributed by atoms with Gasteiger partial charge in [-0.1, -0.05) is 45.4 Å². The molecule has 0 radical (unpaired) electrons. The van der Waals surface area contributed by atoms with Crippen molar-refractivity contribution in [3.63, 3.8) is 0 Å². The van der Waals surface area contributed by atoms with Gasteiger partial charge in [0.1, 0.15) is 5.76 Å². The molecule has 0 heterocycles. The van der Waals surface area contributed by atoms with Gasteiger partial charge in [-0.05, 0) is 32.6 Å². The first-order valence-electron chi connectivity index (χ1n) is 7.99. The number of carbonyl (C=O) groups is 1.